The normalized spacial score (nSPS) is 25.0. The number of amides is 1. The van der Waals surface area contributed by atoms with Crippen LogP contribution in [-0.4, -0.2) is 23.4 Å². The van der Waals surface area contributed by atoms with E-state index in [0.717, 1.165) is 35.2 Å². The molecule has 0 N–H and O–H groups in total. The Balaban J connectivity index is 1.70. The summed E-state index contributed by atoms with van der Waals surface area (Å²) in [6.45, 7) is 0.934. The number of fused-ring (bicyclic) bond motifs is 2. The minimum absolute atomic E-state index is 0.244. The molecule has 1 saturated carbocycles. The molecule has 2 atom stereocenters. The number of piperidine rings is 1. The van der Waals surface area contributed by atoms with Crippen LogP contribution < -0.4 is 0 Å². The lowest BCUT2D eigenvalue weighted by atomic mass is 9.78. The summed E-state index contributed by atoms with van der Waals surface area (Å²) in [5, 5.41) is 2.25. The van der Waals surface area contributed by atoms with Crippen LogP contribution in [0.1, 0.15) is 48.9 Å². The van der Waals surface area contributed by atoms with Crippen LogP contribution in [0.15, 0.2) is 42.5 Å². The average molecular weight is 293 g/mol. The molecule has 2 fully saturated rings. The summed E-state index contributed by atoms with van der Waals surface area (Å²) in [5.74, 6) is 0.981. The Morgan fingerprint density at radius 2 is 1.68 bits per heavy atom. The van der Waals surface area contributed by atoms with Gasteiger partial charge in [-0.3, -0.25) is 4.79 Å². The van der Waals surface area contributed by atoms with Gasteiger partial charge in [0.25, 0.3) is 5.91 Å². The van der Waals surface area contributed by atoms with Gasteiger partial charge in [-0.05, 0) is 48.4 Å². The maximum atomic E-state index is 13.2. The van der Waals surface area contributed by atoms with E-state index < -0.39 is 0 Å². The molecule has 2 aromatic carbocycles. The van der Waals surface area contributed by atoms with Crippen molar-refractivity contribution in [3.63, 3.8) is 0 Å². The van der Waals surface area contributed by atoms with Gasteiger partial charge in [0.1, 0.15) is 0 Å². The number of nitrogens with zero attached hydrogens (tertiary/aromatic N) is 1. The Bertz CT molecular complexity index is 686. The van der Waals surface area contributed by atoms with Crippen LogP contribution in [0.25, 0.3) is 10.8 Å². The van der Waals surface area contributed by atoms with Crippen LogP contribution in [0.4, 0.5) is 0 Å². The minimum atomic E-state index is 0.244. The van der Waals surface area contributed by atoms with Crippen molar-refractivity contribution in [3.05, 3.63) is 48.0 Å². The molecule has 0 aromatic heterocycles. The first-order chi connectivity index (χ1) is 10.8. The summed E-state index contributed by atoms with van der Waals surface area (Å²) in [6, 6.07) is 14.8. The van der Waals surface area contributed by atoms with E-state index in [0.29, 0.717) is 6.04 Å². The van der Waals surface area contributed by atoms with Crippen LogP contribution in [0.2, 0.25) is 0 Å². The van der Waals surface area contributed by atoms with Crippen LogP contribution >= 0.6 is 0 Å². The lowest BCUT2D eigenvalue weighted by Gasteiger charge is -2.44. The SMILES string of the molecule is O=C(c1cccc2ccccc12)N1CCCC2CCCCC21. The van der Waals surface area contributed by atoms with Crippen molar-refractivity contribution in [2.45, 2.75) is 44.6 Å². The fraction of sp³-hybridized carbons (Fsp3) is 0.450. The minimum Gasteiger partial charge on any atom is -0.335 e. The number of hydrogen-bond acceptors (Lipinski definition) is 1. The molecule has 2 aliphatic rings. The third-order valence-electron chi connectivity index (χ3n) is 5.52. The molecular weight excluding hydrogens is 270 g/mol. The molecule has 1 saturated heterocycles. The van der Waals surface area contributed by atoms with E-state index in [1.54, 1.807) is 0 Å². The first-order valence-electron chi connectivity index (χ1n) is 8.63. The summed E-state index contributed by atoms with van der Waals surface area (Å²) < 4.78 is 0. The summed E-state index contributed by atoms with van der Waals surface area (Å²) >= 11 is 0. The Morgan fingerprint density at radius 1 is 0.909 bits per heavy atom. The summed E-state index contributed by atoms with van der Waals surface area (Å²) in [6.07, 6.45) is 7.60. The van der Waals surface area contributed by atoms with Gasteiger partial charge < -0.3 is 4.90 Å². The van der Waals surface area contributed by atoms with E-state index in [4.69, 9.17) is 0 Å². The monoisotopic (exact) mass is 293 g/mol. The molecule has 114 valence electrons. The molecule has 0 bridgehead atoms. The maximum Gasteiger partial charge on any atom is 0.254 e. The largest absolute Gasteiger partial charge is 0.335 e. The van der Waals surface area contributed by atoms with Gasteiger partial charge in [0.15, 0.2) is 0 Å². The molecule has 1 heterocycles. The van der Waals surface area contributed by atoms with Gasteiger partial charge in [-0.1, -0.05) is 49.2 Å². The van der Waals surface area contributed by atoms with Crippen molar-refractivity contribution in [1.82, 2.24) is 4.90 Å². The predicted molar refractivity (Wildman–Crippen MR) is 90.0 cm³/mol. The van der Waals surface area contributed by atoms with E-state index in [1.165, 1.54) is 32.1 Å². The molecule has 2 aromatic rings. The second-order valence-electron chi connectivity index (χ2n) is 6.78. The highest BCUT2D eigenvalue weighted by Gasteiger charge is 2.36. The second-order valence-corrected chi connectivity index (χ2v) is 6.78. The summed E-state index contributed by atoms with van der Waals surface area (Å²) in [4.78, 5) is 15.4. The topological polar surface area (TPSA) is 20.3 Å². The van der Waals surface area contributed by atoms with Gasteiger partial charge in [-0.25, -0.2) is 0 Å². The lowest BCUT2D eigenvalue weighted by molar-refractivity contribution is 0.0392. The zero-order chi connectivity index (χ0) is 14.9. The standard InChI is InChI=1S/C20H23NO/c22-20(18-12-5-9-15-7-1-3-11-17(15)18)21-14-6-10-16-8-2-4-13-19(16)21/h1,3,5,7,9,11-12,16,19H,2,4,6,8,10,13-14H2. The maximum absolute atomic E-state index is 13.2. The number of rotatable bonds is 1. The summed E-state index contributed by atoms with van der Waals surface area (Å²) in [5.41, 5.74) is 0.879. The Labute approximate surface area is 132 Å². The molecule has 1 aliphatic heterocycles. The van der Waals surface area contributed by atoms with Crippen LogP contribution in [0, 0.1) is 5.92 Å². The van der Waals surface area contributed by atoms with Gasteiger partial charge in [0.05, 0.1) is 0 Å². The molecule has 1 aliphatic carbocycles. The number of carbonyl (C=O) groups is 1. The average Bonchev–Trinajstić information content (AvgIpc) is 2.60. The van der Waals surface area contributed by atoms with E-state index in [2.05, 4.69) is 23.1 Å². The van der Waals surface area contributed by atoms with Crippen molar-refractivity contribution in [2.24, 2.45) is 5.92 Å². The first-order valence-corrected chi connectivity index (χ1v) is 8.63. The molecule has 2 unspecified atom stereocenters. The number of hydrogen-bond donors (Lipinski definition) is 0. The fourth-order valence-corrected chi connectivity index (χ4v) is 4.44. The number of likely N-dealkylation sites (tertiary alicyclic amines) is 1. The molecule has 0 radical (unpaired) electrons. The molecule has 2 nitrogen and oxygen atoms in total. The van der Waals surface area contributed by atoms with Gasteiger partial charge in [-0.15, -0.1) is 0 Å². The van der Waals surface area contributed by atoms with Gasteiger partial charge in [0.2, 0.25) is 0 Å². The molecule has 22 heavy (non-hydrogen) atoms. The highest BCUT2D eigenvalue weighted by atomic mass is 16.2. The molecule has 4 rings (SSSR count). The highest BCUT2D eigenvalue weighted by molar-refractivity contribution is 6.07. The van der Waals surface area contributed by atoms with E-state index in [9.17, 15) is 4.79 Å². The van der Waals surface area contributed by atoms with E-state index in [1.807, 2.05) is 24.3 Å². The van der Waals surface area contributed by atoms with Gasteiger partial charge in [-0.2, -0.15) is 0 Å². The van der Waals surface area contributed by atoms with Crippen molar-refractivity contribution < 1.29 is 4.79 Å². The van der Waals surface area contributed by atoms with Crippen molar-refractivity contribution in [3.8, 4) is 0 Å². The van der Waals surface area contributed by atoms with Gasteiger partial charge >= 0.3 is 0 Å². The van der Waals surface area contributed by atoms with E-state index in [-0.39, 0.29) is 5.91 Å². The highest BCUT2D eigenvalue weighted by Crippen LogP contribution is 2.36. The smallest absolute Gasteiger partial charge is 0.254 e. The predicted octanol–water partition coefficient (Wildman–Crippen LogP) is 4.63. The number of benzene rings is 2. The van der Waals surface area contributed by atoms with Crippen LogP contribution in [0.5, 0.6) is 0 Å². The summed E-state index contributed by atoms with van der Waals surface area (Å²) in [7, 11) is 0. The first kappa shape index (κ1) is 13.8. The third kappa shape index (κ3) is 2.31. The van der Waals surface area contributed by atoms with Crippen molar-refractivity contribution >= 4 is 16.7 Å². The van der Waals surface area contributed by atoms with E-state index >= 15 is 0 Å². The Hall–Kier alpha value is -1.83. The molecule has 0 spiro atoms. The van der Waals surface area contributed by atoms with Crippen molar-refractivity contribution in [2.75, 3.05) is 6.54 Å². The van der Waals surface area contributed by atoms with Gasteiger partial charge in [0, 0.05) is 18.2 Å². The number of carbonyl (C=O) groups excluding carboxylic acids is 1. The molecule has 1 amide bonds. The second kappa shape index (κ2) is 5.75. The quantitative estimate of drug-likeness (QED) is 0.750. The molecule has 2 heteroatoms. The zero-order valence-corrected chi connectivity index (χ0v) is 13.0. The fourth-order valence-electron chi connectivity index (χ4n) is 4.44. The molecular formula is C20H23NO. The Kier molecular flexibility index (Phi) is 3.61. The van der Waals surface area contributed by atoms with Crippen LogP contribution in [-0.2, 0) is 0 Å². The van der Waals surface area contributed by atoms with Crippen LogP contribution in [0.3, 0.4) is 0 Å². The Morgan fingerprint density at radius 3 is 2.64 bits per heavy atom. The third-order valence-corrected chi connectivity index (χ3v) is 5.52. The lowest BCUT2D eigenvalue weighted by Crippen LogP contribution is -2.49. The van der Waals surface area contributed by atoms with Crippen molar-refractivity contribution in [1.29, 1.82) is 0 Å². The zero-order valence-electron chi connectivity index (χ0n) is 13.0.